The van der Waals surface area contributed by atoms with Crippen molar-refractivity contribution in [3.8, 4) is 0 Å². The van der Waals surface area contributed by atoms with Gasteiger partial charge in [-0.1, -0.05) is 44.5 Å². The maximum atomic E-state index is 14.6. The Kier molecular flexibility index (Phi) is 9.86. The summed E-state index contributed by atoms with van der Waals surface area (Å²) in [5.41, 5.74) is -2.69. The third kappa shape index (κ3) is 7.64. The number of nitrogens with zero attached hydrogens (tertiary/aromatic N) is 2. The molecule has 304 valence electrons. The van der Waals surface area contributed by atoms with Crippen molar-refractivity contribution >= 4 is 51.1 Å². The molecule has 5 atom stereocenters. The van der Waals surface area contributed by atoms with Gasteiger partial charge in [0.05, 0.1) is 23.4 Å². The molecule has 4 amide bonds. The third-order valence-electron chi connectivity index (χ3n) is 11.8. The van der Waals surface area contributed by atoms with Crippen molar-refractivity contribution in [2.75, 3.05) is 11.9 Å². The molecular weight excluding hydrogens is 782 g/mol. The first-order chi connectivity index (χ1) is 26.0. The fourth-order valence-electron chi connectivity index (χ4n) is 7.82. The van der Waals surface area contributed by atoms with Crippen LogP contribution in [0, 0.1) is 23.1 Å². The molecule has 3 saturated carbocycles. The first kappa shape index (κ1) is 40.1. The molecule has 3 N–H and O–H groups in total. The zero-order valence-corrected chi connectivity index (χ0v) is 32.8. The summed E-state index contributed by atoms with van der Waals surface area (Å²) in [6, 6.07) is 4.95. The minimum atomic E-state index is -5.01. The summed E-state index contributed by atoms with van der Waals surface area (Å²) in [4.78, 5) is 58.9. The zero-order valence-electron chi connectivity index (χ0n) is 31.3. The number of alkyl halides is 3. The molecule has 56 heavy (non-hydrogen) atoms. The van der Waals surface area contributed by atoms with Crippen molar-refractivity contribution in [2.24, 2.45) is 17.3 Å². The van der Waals surface area contributed by atoms with E-state index in [0.717, 1.165) is 30.0 Å². The molecule has 2 aromatic carbocycles. The van der Waals surface area contributed by atoms with Crippen molar-refractivity contribution in [3.05, 3.63) is 63.9 Å². The van der Waals surface area contributed by atoms with Gasteiger partial charge in [-0.05, 0) is 91.7 Å². The highest BCUT2D eigenvalue weighted by atomic mass is 35.5. The largest absolute Gasteiger partial charge is 0.444 e. The van der Waals surface area contributed by atoms with E-state index >= 15 is 0 Å². The van der Waals surface area contributed by atoms with Crippen LogP contribution in [0.5, 0.6) is 0 Å². The molecule has 0 bridgehead atoms. The van der Waals surface area contributed by atoms with Gasteiger partial charge in [0.15, 0.2) is 0 Å². The minimum Gasteiger partial charge on any atom is -0.444 e. The highest BCUT2D eigenvalue weighted by molar-refractivity contribution is 7.91. The molecule has 0 radical (unpaired) electrons. The molecule has 4 fully saturated rings. The molecule has 0 aromatic heterocycles. The summed E-state index contributed by atoms with van der Waals surface area (Å²) in [5.74, 6) is -4.09. The number of benzene rings is 2. The van der Waals surface area contributed by atoms with Gasteiger partial charge in [0.2, 0.25) is 21.8 Å². The summed E-state index contributed by atoms with van der Waals surface area (Å²) >= 11 is 6.35. The summed E-state index contributed by atoms with van der Waals surface area (Å²) < 4.78 is 88.2. The lowest BCUT2D eigenvalue weighted by Gasteiger charge is -2.36. The van der Waals surface area contributed by atoms with Gasteiger partial charge in [0.1, 0.15) is 29.5 Å². The number of halogens is 5. The lowest BCUT2D eigenvalue weighted by atomic mass is 9.85. The van der Waals surface area contributed by atoms with Gasteiger partial charge >= 0.3 is 12.3 Å². The fraction of sp³-hybridized carbons (Fsp3) is 0.579. The van der Waals surface area contributed by atoms with Crippen molar-refractivity contribution in [3.63, 3.8) is 0 Å². The Hall–Kier alpha value is -4.12. The predicted octanol–water partition coefficient (Wildman–Crippen LogP) is 5.73. The smallest absolute Gasteiger partial charge is 0.419 e. The van der Waals surface area contributed by atoms with Crippen molar-refractivity contribution in [2.45, 2.75) is 114 Å². The molecule has 2 aromatic rings. The normalized spacial score (nSPS) is 25.9. The van der Waals surface area contributed by atoms with Gasteiger partial charge in [-0.15, -0.1) is 0 Å². The Bertz CT molecular complexity index is 2090. The Morgan fingerprint density at radius 3 is 2.34 bits per heavy atom. The van der Waals surface area contributed by atoms with Crippen LogP contribution in [0.3, 0.4) is 0 Å². The number of carbonyl (C=O) groups is 4. The van der Waals surface area contributed by atoms with E-state index in [1.807, 2.05) is 6.07 Å². The van der Waals surface area contributed by atoms with Crippen molar-refractivity contribution in [1.82, 2.24) is 19.8 Å². The van der Waals surface area contributed by atoms with E-state index in [1.165, 1.54) is 16.7 Å². The van der Waals surface area contributed by atoms with Crippen LogP contribution in [0.25, 0.3) is 0 Å². The monoisotopic (exact) mass is 825 g/mol. The van der Waals surface area contributed by atoms with Crippen LogP contribution in [0.4, 0.5) is 28.0 Å². The van der Waals surface area contributed by atoms with Crippen LogP contribution in [-0.2, 0) is 48.4 Å². The summed E-state index contributed by atoms with van der Waals surface area (Å²) in [7, 11) is -4.05. The van der Waals surface area contributed by atoms with Crippen LogP contribution in [0.15, 0.2) is 36.4 Å². The topological polar surface area (TPSA) is 154 Å². The number of rotatable bonds is 10. The molecule has 2 aliphatic heterocycles. The number of nitrogens with one attached hydrogen (secondary N) is 3. The second-order valence-electron chi connectivity index (χ2n) is 17.1. The molecule has 7 rings (SSSR count). The van der Waals surface area contributed by atoms with E-state index in [0.29, 0.717) is 30.0 Å². The van der Waals surface area contributed by atoms with Gasteiger partial charge in [-0.25, -0.2) is 17.6 Å². The van der Waals surface area contributed by atoms with Crippen LogP contribution in [0.1, 0.15) is 82.9 Å². The van der Waals surface area contributed by atoms with Crippen LogP contribution in [-0.4, -0.2) is 77.1 Å². The number of hydrogen-bond donors (Lipinski definition) is 3. The average molecular weight is 826 g/mol. The van der Waals surface area contributed by atoms with Crippen molar-refractivity contribution in [1.29, 1.82) is 0 Å². The molecule has 12 nitrogen and oxygen atoms in total. The van der Waals surface area contributed by atoms with E-state index in [4.69, 9.17) is 16.3 Å². The van der Waals surface area contributed by atoms with Gasteiger partial charge in [0.25, 0.3) is 5.91 Å². The Morgan fingerprint density at radius 1 is 1.04 bits per heavy atom. The molecule has 0 spiro atoms. The minimum absolute atomic E-state index is 0.0974. The second-order valence-corrected chi connectivity index (χ2v) is 19.7. The summed E-state index contributed by atoms with van der Waals surface area (Å²) in [5, 5.41) is 6.10. The van der Waals surface area contributed by atoms with Gasteiger partial charge in [-0.2, -0.15) is 13.2 Å². The number of ether oxygens (including phenoxy) is 1. The van der Waals surface area contributed by atoms with E-state index in [1.54, 1.807) is 32.9 Å². The lowest BCUT2D eigenvalue weighted by molar-refractivity contribution is -0.141. The molecular formula is C38H44ClF4N5O7S. The first-order valence-electron chi connectivity index (χ1n) is 18.6. The Balaban J connectivity index is 1.16. The number of likely N-dealkylation sites (tertiary alicyclic amines) is 1. The molecule has 1 saturated heterocycles. The highest BCUT2D eigenvalue weighted by Crippen LogP contribution is 2.57. The van der Waals surface area contributed by atoms with E-state index < -0.39 is 85.3 Å². The van der Waals surface area contributed by atoms with E-state index in [-0.39, 0.29) is 50.0 Å². The Morgan fingerprint density at radius 2 is 1.73 bits per heavy atom. The number of hydrogen-bond acceptors (Lipinski definition) is 8. The third-order valence-corrected chi connectivity index (χ3v) is 14.3. The number of sulfonamides is 1. The molecule has 5 aliphatic rings. The predicted molar refractivity (Wildman–Crippen MR) is 196 cm³/mol. The number of anilines is 1. The molecule has 0 unspecified atom stereocenters. The molecule has 3 aliphatic carbocycles. The van der Waals surface area contributed by atoms with Gasteiger partial charge in [-0.3, -0.25) is 24.0 Å². The summed E-state index contributed by atoms with van der Waals surface area (Å²) in [6.45, 7) is 6.59. The van der Waals surface area contributed by atoms with Gasteiger partial charge < -0.3 is 20.3 Å². The number of amides is 4. The SMILES string of the molecule is CC(C)(C)[C@H](Nc1ccc(F)c(C(F)(F)F)c1)C(=O)N1C[C@H](OC(=O)N2Cc3cccc(Cl)c3C2)C[C@H]1C(=O)N[C@]1(C(=O)NS(=O)(=O)C2(C)CC2)C[C@H]1C1CC1. The van der Waals surface area contributed by atoms with Crippen LogP contribution in [0.2, 0.25) is 5.02 Å². The van der Waals surface area contributed by atoms with Crippen LogP contribution >= 0.6 is 11.6 Å². The Labute approximate surface area is 327 Å². The standard InChI is InChI=1S/C38H44ClF4N5O7S/c1-35(2,3)30(44-22-10-11-28(40)25(14-22)38(41,42)43)32(50)48-18-23(55-34(52)47-17-21-6-5-7-27(39)24(21)19-47)15-29(48)31(49)45-37(16-26(37)20-8-9-20)33(51)46-56(53,54)36(4)12-13-36/h5-7,10-11,14,20,23,26,29-30,44H,8-9,12-13,15-19H2,1-4H3,(H,45,49)(H,46,51)/t23-,26+,29+,30-,37-/m1/s1. The number of fused-ring (bicyclic) bond motifs is 1. The first-order valence-corrected chi connectivity index (χ1v) is 20.4. The van der Waals surface area contributed by atoms with E-state index in [2.05, 4.69) is 15.4 Å². The fourth-order valence-corrected chi connectivity index (χ4v) is 9.38. The molecule has 2 heterocycles. The number of carbonyl (C=O) groups excluding carboxylic acids is 4. The van der Waals surface area contributed by atoms with Gasteiger partial charge in [0, 0.05) is 23.7 Å². The molecule has 18 heteroatoms. The quantitative estimate of drug-likeness (QED) is 0.257. The maximum Gasteiger partial charge on any atom is 0.419 e. The summed E-state index contributed by atoms with van der Waals surface area (Å²) in [6.07, 6.45) is -4.40. The second kappa shape index (κ2) is 13.8. The van der Waals surface area contributed by atoms with Crippen molar-refractivity contribution < 1.29 is 49.9 Å². The highest BCUT2D eigenvalue weighted by Gasteiger charge is 2.67. The zero-order chi connectivity index (χ0) is 40.7. The van der Waals surface area contributed by atoms with Crippen LogP contribution < -0.4 is 15.4 Å². The van der Waals surface area contributed by atoms with E-state index in [9.17, 15) is 45.2 Å². The maximum absolute atomic E-state index is 14.6. The average Bonchev–Trinajstić information content (AvgIpc) is 4.06. The lowest BCUT2D eigenvalue weighted by Crippen LogP contribution is -2.59.